The van der Waals surface area contributed by atoms with Crippen LogP contribution in [0.4, 0.5) is 5.95 Å². The van der Waals surface area contributed by atoms with Gasteiger partial charge in [0.15, 0.2) is 17.3 Å². The zero-order valence-electron chi connectivity index (χ0n) is 19.3. The van der Waals surface area contributed by atoms with Crippen LogP contribution in [0, 0.1) is 0 Å². The number of allylic oxidation sites excluding steroid dienone is 2. The van der Waals surface area contributed by atoms with Crippen LogP contribution in [0.25, 0.3) is 0 Å². The fourth-order valence-electron chi connectivity index (χ4n) is 4.42. The highest BCUT2D eigenvalue weighted by atomic mass is 32.2. The van der Waals surface area contributed by atoms with Crippen LogP contribution in [-0.2, 0) is 10.5 Å². The van der Waals surface area contributed by atoms with Gasteiger partial charge in [-0.3, -0.25) is 4.79 Å². The van der Waals surface area contributed by atoms with Gasteiger partial charge in [0.2, 0.25) is 11.1 Å². The van der Waals surface area contributed by atoms with Crippen LogP contribution < -0.4 is 14.8 Å². The van der Waals surface area contributed by atoms with E-state index >= 15 is 0 Å². The Hall–Kier alpha value is -3.79. The van der Waals surface area contributed by atoms with E-state index in [4.69, 9.17) is 19.7 Å². The van der Waals surface area contributed by atoms with Gasteiger partial charge in [-0.2, -0.15) is 4.98 Å². The molecule has 180 valence electrons. The number of rotatable bonds is 7. The summed E-state index contributed by atoms with van der Waals surface area (Å²) in [6.45, 7) is 0. The molecule has 0 radical (unpaired) electrons. The maximum atomic E-state index is 13.0. The lowest BCUT2D eigenvalue weighted by Crippen LogP contribution is -2.31. The zero-order valence-corrected chi connectivity index (χ0v) is 20.1. The number of thioether (sulfide) groups is 1. The number of ketones is 1. The van der Waals surface area contributed by atoms with Crippen molar-refractivity contribution in [3.63, 3.8) is 0 Å². The number of aromatic carboxylic acids is 1. The monoisotopic (exact) mass is 492 g/mol. The van der Waals surface area contributed by atoms with Crippen molar-refractivity contribution < 1.29 is 24.2 Å². The van der Waals surface area contributed by atoms with E-state index in [9.17, 15) is 9.59 Å². The molecule has 0 spiro atoms. The molecule has 35 heavy (non-hydrogen) atoms. The van der Waals surface area contributed by atoms with Gasteiger partial charge in [-0.1, -0.05) is 30.0 Å². The van der Waals surface area contributed by atoms with Crippen molar-refractivity contribution in [2.24, 2.45) is 0 Å². The highest BCUT2D eigenvalue weighted by Crippen LogP contribution is 2.42. The number of hydrogen-bond acceptors (Lipinski definition) is 8. The maximum absolute atomic E-state index is 13.0. The smallest absolute Gasteiger partial charge is 0.335 e. The number of Topliss-reactive ketones (excluding diaryl/α,β-unsaturated/α-hetero) is 1. The van der Waals surface area contributed by atoms with Gasteiger partial charge in [0.05, 0.1) is 19.8 Å². The number of carboxylic acid groups (broad SMARTS) is 1. The number of aromatic nitrogens is 3. The molecule has 1 aliphatic carbocycles. The number of methoxy groups -OCH3 is 2. The van der Waals surface area contributed by atoms with Crippen molar-refractivity contribution in [1.82, 2.24) is 14.8 Å². The minimum absolute atomic E-state index is 0.104. The first kappa shape index (κ1) is 23.0. The molecule has 0 amide bonds. The van der Waals surface area contributed by atoms with Crippen LogP contribution in [0.15, 0.2) is 58.9 Å². The summed E-state index contributed by atoms with van der Waals surface area (Å²) in [6.07, 6.45) is 2.07. The van der Waals surface area contributed by atoms with Crippen molar-refractivity contribution in [2.75, 3.05) is 19.5 Å². The van der Waals surface area contributed by atoms with Gasteiger partial charge >= 0.3 is 5.97 Å². The van der Waals surface area contributed by atoms with Crippen molar-refractivity contribution in [2.45, 2.75) is 36.2 Å². The van der Waals surface area contributed by atoms with Gasteiger partial charge in [0, 0.05) is 23.4 Å². The van der Waals surface area contributed by atoms with Gasteiger partial charge in [0.1, 0.15) is 6.04 Å². The van der Waals surface area contributed by atoms with Gasteiger partial charge in [-0.15, -0.1) is 5.10 Å². The summed E-state index contributed by atoms with van der Waals surface area (Å²) in [5.41, 5.74) is 3.67. The molecule has 9 nitrogen and oxygen atoms in total. The van der Waals surface area contributed by atoms with Crippen molar-refractivity contribution >= 4 is 29.5 Å². The minimum Gasteiger partial charge on any atom is -0.493 e. The Kier molecular flexibility index (Phi) is 6.21. The van der Waals surface area contributed by atoms with Crippen molar-refractivity contribution in [1.29, 1.82) is 0 Å². The van der Waals surface area contributed by atoms with E-state index in [-0.39, 0.29) is 11.3 Å². The molecule has 10 heteroatoms. The third-order valence-corrected chi connectivity index (χ3v) is 7.05. The molecule has 0 saturated heterocycles. The number of benzene rings is 2. The van der Waals surface area contributed by atoms with Crippen molar-refractivity contribution in [3.8, 4) is 11.5 Å². The molecule has 2 aliphatic rings. The summed E-state index contributed by atoms with van der Waals surface area (Å²) in [5, 5.41) is 17.7. The topological polar surface area (TPSA) is 116 Å². The lowest BCUT2D eigenvalue weighted by Gasteiger charge is -2.32. The average molecular weight is 493 g/mol. The summed E-state index contributed by atoms with van der Waals surface area (Å²) < 4.78 is 12.7. The first-order chi connectivity index (χ1) is 17.0. The Morgan fingerprint density at radius 1 is 1.14 bits per heavy atom. The number of nitrogens with one attached hydrogen (secondary N) is 1. The molecule has 5 rings (SSSR count). The number of ether oxygens (including phenoxy) is 2. The highest BCUT2D eigenvalue weighted by Gasteiger charge is 2.37. The normalized spacial score (nSPS) is 16.9. The summed E-state index contributed by atoms with van der Waals surface area (Å²) in [4.78, 5) is 28.8. The molecule has 1 aromatic heterocycles. The standard InChI is InChI=1S/C25H24N4O5S/c1-33-19-11-10-16(12-20(19)34-2)22-21-17(4-3-5-18(21)30)26-24-27-25(28-29(22)24)35-13-14-6-8-15(9-7-14)23(31)32/h6-12,22H,3-5,13H2,1-2H3,(H,31,32)(H,26,27,28)/t22-/m1/s1. The summed E-state index contributed by atoms with van der Waals surface area (Å²) in [7, 11) is 3.17. The zero-order chi connectivity index (χ0) is 24.5. The van der Waals surface area contributed by atoms with Crippen LogP contribution in [0.2, 0.25) is 0 Å². The Morgan fingerprint density at radius 3 is 2.63 bits per heavy atom. The quantitative estimate of drug-likeness (QED) is 0.466. The van der Waals surface area contributed by atoms with E-state index in [1.54, 1.807) is 43.2 Å². The molecule has 3 aromatic rings. The summed E-state index contributed by atoms with van der Waals surface area (Å²) >= 11 is 1.45. The van der Waals surface area contributed by atoms with Crippen LogP contribution >= 0.6 is 11.8 Å². The Bertz CT molecular complexity index is 1330. The van der Waals surface area contributed by atoms with E-state index in [0.717, 1.165) is 29.7 Å². The summed E-state index contributed by atoms with van der Waals surface area (Å²) in [6, 6.07) is 12.0. The fraction of sp³-hybridized carbons (Fsp3) is 0.280. The lowest BCUT2D eigenvalue weighted by atomic mass is 9.85. The second kappa shape index (κ2) is 9.46. The number of carbonyl (C=O) groups excluding carboxylic acids is 1. The molecule has 2 N–H and O–H groups in total. The lowest BCUT2D eigenvalue weighted by molar-refractivity contribution is -0.116. The summed E-state index contributed by atoms with van der Waals surface area (Å²) in [5.74, 6) is 1.50. The maximum Gasteiger partial charge on any atom is 0.335 e. The first-order valence-corrected chi connectivity index (χ1v) is 12.1. The number of nitrogens with zero attached hydrogens (tertiary/aromatic N) is 3. The van der Waals surface area contributed by atoms with E-state index in [1.165, 1.54) is 11.8 Å². The highest BCUT2D eigenvalue weighted by molar-refractivity contribution is 7.98. The predicted octanol–water partition coefficient (Wildman–Crippen LogP) is 4.31. The molecule has 1 aliphatic heterocycles. The van der Waals surface area contributed by atoms with Gasteiger partial charge in [-0.05, 0) is 48.2 Å². The minimum atomic E-state index is -0.953. The number of hydrogen-bond donors (Lipinski definition) is 2. The first-order valence-electron chi connectivity index (χ1n) is 11.1. The third kappa shape index (κ3) is 4.37. The number of fused-ring (bicyclic) bond motifs is 1. The van der Waals surface area contributed by atoms with Crippen LogP contribution in [0.5, 0.6) is 11.5 Å². The largest absolute Gasteiger partial charge is 0.493 e. The second-order valence-electron chi connectivity index (χ2n) is 8.26. The number of carboxylic acids is 1. The van der Waals surface area contributed by atoms with Gasteiger partial charge < -0.3 is 19.9 Å². The molecule has 0 unspecified atom stereocenters. The SMILES string of the molecule is COc1ccc([C@@H]2C3=C(CCCC3=O)Nc3nc(SCc4ccc(C(=O)O)cc4)nn32)cc1OC. The molecule has 0 bridgehead atoms. The van der Waals surface area contributed by atoms with Crippen molar-refractivity contribution in [3.05, 3.63) is 70.4 Å². The molecular formula is C25H24N4O5S. The van der Waals surface area contributed by atoms with Gasteiger partial charge in [-0.25, -0.2) is 9.48 Å². The van der Waals surface area contributed by atoms with E-state index in [1.807, 2.05) is 18.2 Å². The Balaban J connectivity index is 1.48. The second-order valence-corrected chi connectivity index (χ2v) is 9.21. The van der Waals surface area contributed by atoms with E-state index in [2.05, 4.69) is 10.3 Å². The molecule has 0 saturated carbocycles. The molecular weight excluding hydrogens is 468 g/mol. The fourth-order valence-corrected chi connectivity index (χ4v) is 5.21. The van der Waals surface area contributed by atoms with E-state index < -0.39 is 12.0 Å². The third-order valence-electron chi connectivity index (χ3n) is 6.14. The predicted molar refractivity (Wildman–Crippen MR) is 130 cm³/mol. The number of anilines is 1. The van der Waals surface area contributed by atoms with Crippen LogP contribution in [-0.4, -0.2) is 45.8 Å². The Morgan fingerprint density at radius 2 is 1.91 bits per heavy atom. The average Bonchev–Trinajstić information content (AvgIpc) is 3.28. The van der Waals surface area contributed by atoms with Gasteiger partial charge in [0.25, 0.3) is 0 Å². The number of carbonyl (C=O) groups is 2. The Labute approximate surface area is 206 Å². The van der Waals surface area contributed by atoms with Crippen LogP contribution in [0.3, 0.4) is 0 Å². The van der Waals surface area contributed by atoms with Crippen LogP contribution in [0.1, 0.15) is 46.8 Å². The molecule has 0 fully saturated rings. The molecule has 2 aromatic carbocycles. The van der Waals surface area contributed by atoms with E-state index in [0.29, 0.717) is 40.4 Å². The molecule has 2 heterocycles. The molecule has 1 atom stereocenters.